The quantitative estimate of drug-likeness (QED) is 0.543. The average molecular weight is 308 g/mol. The van der Waals surface area contributed by atoms with Crippen LogP contribution in [0.2, 0.25) is 0 Å². The van der Waals surface area contributed by atoms with E-state index in [0.717, 1.165) is 0 Å². The molecule has 0 N–H and O–H groups in total. The van der Waals surface area contributed by atoms with Gasteiger partial charge in [-0.05, 0) is 0 Å². The van der Waals surface area contributed by atoms with Crippen molar-refractivity contribution in [2.24, 2.45) is 0 Å². The van der Waals surface area contributed by atoms with Gasteiger partial charge >= 0.3 is 23.1 Å². The largest absolute Gasteiger partial charge is 2.00 e. The van der Waals surface area contributed by atoms with Crippen LogP contribution in [0, 0.1) is 6.07 Å². The molecule has 0 heterocycles. The number of halogens is 1. The van der Waals surface area contributed by atoms with E-state index in [0.29, 0.717) is 0 Å². The van der Waals surface area contributed by atoms with Gasteiger partial charge in [-0.1, -0.05) is 59.3 Å². The van der Waals surface area contributed by atoms with Gasteiger partial charge in [-0.2, -0.15) is 34.9 Å². The summed E-state index contributed by atoms with van der Waals surface area (Å²) < 4.78 is 0. The molecule has 0 unspecified atom stereocenters. The summed E-state index contributed by atoms with van der Waals surface area (Å²) in [6.45, 7) is 6.72. The van der Waals surface area contributed by atoms with E-state index in [9.17, 15) is 0 Å². The second kappa shape index (κ2) is 11.6. The van der Waals surface area contributed by atoms with Crippen molar-refractivity contribution in [2.45, 2.75) is 59.3 Å². The third-order valence-electron chi connectivity index (χ3n) is 2.62. The molecule has 0 bridgehead atoms. The Balaban J connectivity index is 0. The Kier molecular flexibility index (Phi) is 13.5. The fourth-order valence-electron chi connectivity index (χ4n) is 2.01. The second-order valence-corrected chi connectivity index (χ2v) is 4.29. The van der Waals surface area contributed by atoms with Crippen molar-refractivity contribution in [1.29, 1.82) is 0 Å². The summed E-state index contributed by atoms with van der Waals surface area (Å²) in [5.74, 6) is 0. The van der Waals surface area contributed by atoms with E-state index in [1.165, 1.54) is 55.2 Å². The van der Waals surface area contributed by atoms with Crippen molar-refractivity contribution in [1.82, 2.24) is 0 Å². The fraction of sp³-hybridized carbons (Fsp3) is 0.600. The molecule has 0 saturated carbocycles. The van der Waals surface area contributed by atoms with Crippen LogP contribution in [0.25, 0.3) is 0 Å². The van der Waals surface area contributed by atoms with Gasteiger partial charge in [-0.15, -0.1) is 0 Å². The monoisotopic (exact) mass is 306 g/mol. The first kappa shape index (κ1) is 19.8. The summed E-state index contributed by atoms with van der Waals surface area (Å²) in [4.78, 5) is 0. The Morgan fingerprint density at radius 1 is 0.824 bits per heavy atom. The van der Waals surface area contributed by atoms with Crippen LogP contribution < -0.4 is 17.0 Å². The van der Waals surface area contributed by atoms with Gasteiger partial charge in [0.05, 0.1) is 0 Å². The van der Waals surface area contributed by atoms with Crippen LogP contribution in [0.15, 0.2) is 12.1 Å². The van der Waals surface area contributed by atoms with Gasteiger partial charge in [0, 0.05) is 0 Å². The summed E-state index contributed by atoms with van der Waals surface area (Å²) in [5, 5.41) is 0. The zero-order valence-electron chi connectivity index (χ0n) is 11.5. The molecule has 0 fully saturated rings. The number of rotatable bonds is 6. The van der Waals surface area contributed by atoms with Gasteiger partial charge in [-0.25, -0.2) is 0 Å². The maximum atomic E-state index is 3.55. The maximum Gasteiger partial charge on any atom is 2.00 e. The summed E-state index contributed by atoms with van der Waals surface area (Å²) in [6.07, 6.45) is 7.24. The normalized spacial score (nSPS) is 9.35. The van der Waals surface area contributed by atoms with Gasteiger partial charge in [0.25, 0.3) is 0 Å². The van der Waals surface area contributed by atoms with Gasteiger partial charge in [0.15, 0.2) is 0 Å². The third-order valence-corrected chi connectivity index (χ3v) is 2.62. The molecule has 0 aromatic heterocycles. The number of aryl methyl sites for hydroxylation is 3. The predicted octanol–water partition coefficient (Wildman–Crippen LogP) is 0.967. The summed E-state index contributed by atoms with van der Waals surface area (Å²) in [5.41, 5.74) is 4.32. The Labute approximate surface area is 133 Å². The molecular formula is C15H23BrMg. The average Bonchev–Trinajstić information content (AvgIpc) is 2.19. The molecule has 1 rings (SSSR count). The van der Waals surface area contributed by atoms with Crippen LogP contribution in [0.5, 0.6) is 0 Å². The molecule has 0 nitrogen and oxygen atoms in total. The van der Waals surface area contributed by atoms with Crippen LogP contribution in [-0.2, 0) is 19.3 Å². The number of hydrogen-bond acceptors (Lipinski definition) is 0. The van der Waals surface area contributed by atoms with Crippen molar-refractivity contribution in [3.63, 3.8) is 0 Å². The standard InChI is InChI=1S/C15H23.BrH.Mg/c1-4-7-13-10-14(8-5-2)12-15(11-13)9-6-3;;/h10-11H,4-9H2,1-3H3;1H;/q-1;;+2/p-1. The zero-order chi connectivity index (χ0) is 11.1. The Bertz CT molecular complexity index is 237. The number of hydrogen-bond donors (Lipinski definition) is 0. The molecule has 1 aromatic carbocycles. The first-order valence-electron chi connectivity index (χ1n) is 6.34. The van der Waals surface area contributed by atoms with E-state index in [-0.39, 0.29) is 40.0 Å². The van der Waals surface area contributed by atoms with Crippen molar-refractivity contribution < 1.29 is 17.0 Å². The van der Waals surface area contributed by atoms with Crippen LogP contribution in [0.4, 0.5) is 0 Å². The topological polar surface area (TPSA) is 0 Å². The third kappa shape index (κ3) is 7.48. The molecular weight excluding hydrogens is 284 g/mol. The molecule has 0 aliphatic rings. The molecule has 0 spiro atoms. The van der Waals surface area contributed by atoms with E-state index in [1.807, 2.05) is 0 Å². The molecule has 92 valence electrons. The molecule has 0 atom stereocenters. The minimum Gasteiger partial charge on any atom is -1.00 e. The van der Waals surface area contributed by atoms with Crippen LogP contribution in [0.1, 0.15) is 56.7 Å². The Morgan fingerprint density at radius 2 is 1.24 bits per heavy atom. The Hall–Kier alpha value is 0.466. The van der Waals surface area contributed by atoms with Crippen LogP contribution >= 0.6 is 0 Å². The summed E-state index contributed by atoms with van der Waals surface area (Å²) >= 11 is 0. The molecule has 0 saturated heterocycles. The molecule has 2 heteroatoms. The van der Waals surface area contributed by atoms with Gasteiger partial charge < -0.3 is 17.0 Å². The maximum absolute atomic E-state index is 3.55. The smallest absolute Gasteiger partial charge is 1.00 e. The predicted molar refractivity (Wildman–Crippen MR) is 73.0 cm³/mol. The minimum atomic E-state index is 0. The molecule has 0 aliphatic heterocycles. The SMILES string of the molecule is CCCc1[c-]c(CCC)cc(CCC)c1.[Br-].[Mg+2]. The van der Waals surface area contributed by atoms with Gasteiger partial charge in [-0.3, -0.25) is 0 Å². The van der Waals surface area contributed by atoms with Crippen molar-refractivity contribution in [3.8, 4) is 0 Å². The van der Waals surface area contributed by atoms with Crippen LogP contribution in [-0.4, -0.2) is 23.1 Å². The fourth-order valence-corrected chi connectivity index (χ4v) is 2.01. The summed E-state index contributed by atoms with van der Waals surface area (Å²) in [6, 6.07) is 8.22. The first-order valence-corrected chi connectivity index (χ1v) is 6.34. The van der Waals surface area contributed by atoms with Crippen molar-refractivity contribution in [2.75, 3.05) is 0 Å². The van der Waals surface area contributed by atoms with Crippen molar-refractivity contribution in [3.05, 3.63) is 34.9 Å². The van der Waals surface area contributed by atoms with Gasteiger partial charge in [0.2, 0.25) is 0 Å². The number of benzene rings is 1. The van der Waals surface area contributed by atoms with Gasteiger partial charge in [0.1, 0.15) is 0 Å². The summed E-state index contributed by atoms with van der Waals surface area (Å²) in [7, 11) is 0. The molecule has 0 aliphatic carbocycles. The molecule has 17 heavy (non-hydrogen) atoms. The van der Waals surface area contributed by atoms with E-state index >= 15 is 0 Å². The van der Waals surface area contributed by atoms with E-state index in [2.05, 4.69) is 39.0 Å². The molecule has 1 aromatic rings. The minimum absolute atomic E-state index is 0. The second-order valence-electron chi connectivity index (χ2n) is 4.29. The van der Waals surface area contributed by atoms with Crippen LogP contribution in [0.3, 0.4) is 0 Å². The Morgan fingerprint density at radius 3 is 1.59 bits per heavy atom. The van der Waals surface area contributed by atoms with E-state index in [1.54, 1.807) is 0 Å². The van der Waals surface area contributed by atoms with E-state index in [4.69, 9.17) is 0 Å². The molecule has 0 amide bonds. The zero-order valence-corrected chi connectivity index (χ0v) is 14.5. The van der Waals surface area contributed by atoms with Crippen molar-refractivity contribution >= 4 is 23.1 Å². The molecule has 0 radical (unpaired) electrons. The first-order chi connectivity index (χ1) is 7.30. The van der Waals surface area contributed by atoms with E-state index < -0.39 is 0 Å².